The molecule has 4 heteroatoms. The van der Waals surface area contributed by atoms with E-state index in [4.69, 9.17) is 11.2 Å². The van der Waals surface area contributed by atoms with Gasteiger partial charge in [-0.1, -0.05) is 109 Å². The molecule has 0 unspecified atom stereocenters. The van der Waals surface area contributed by atoms with Crippen LogP contribution in [0, 0.1) is 12.3 Å². The first-order valence-electron chi connectivity index (χ1n) is 10.8. The van der Waals surface area contributed by atoms with E-state index in [0.717, 1.165) is 5.30 Å². The summed E-state index contributed by atoms with van der Waals surface area (Å²) in [5, 5.41) is 6.18. The van der Waals surface area contributed by atoms with Gasteiger partial charge >= 0.3 is 0 Å². The van der Waals surface area contributed by atoms with Gasteiger partial charge in [0.25, 0.3) is 5.91 Å². The summed E-state index contributed by atoms with van der Waals surface area (Å²) in [5.74, 6) is 2.26. The Labute approximate surface area is 195 Å². The second-order valence-corrected chi connectivity index (χ2v) is 10.6. The van der Waals surface area contributed by atoms with Crippen LogP contribution in [0.2, 0.25) is 0 Å². The minimum absolute atomic E-state index is 0.177. The van der Waals surface area contributed by atoms with Crippen molar-refractivity contribution in [1.29, 1.82) is 0 Å². The molecular weight excluding hydrogens is 423 g/mol. The van der Waals surface area contributed by atoms with E-state index >= 15 is 0 Å². The van der Waals surface area contributed by atoms with Crippen molar-refractivity contribution in [2.45, 2.75) is 6.54 Å². The van der Waals surface area contributed by atoms with Gasteiger partial charge in [0.2, 0.25) is 0 Å². The van der Waals surface area contributed by atoms with Crippen LogP contribution >= 0.6 is 7.05 Å². The summed E-state index contributed by atoms with van der Waals surface area (Å²) in [4.78, 5) is 12.4. The van der Waals surface area contributed by atoms with E-state index in [-0.39, 0.29) is 12.5 Å². The van der Waals surface area contributed by atoms with Crippen LogP contribution in [-0.2, 0) is 6.54 Å². The molecule has 0 fully saturated rings. The average Bonchev–Trinajstić information content (AvgIpc) is 2.90. The van der Waals surface area contributed by atoms with Gasteiger partial charge in [-0.05, 0) is 17.7 Å². The van der Waals surface area contributed by atoms with Crippen LogP contribution in [-0.4, -0.2) is 12.5 Å². The molecule has 0 aliphatic carbocycles. The summed E-state index contributed by atoms with van der Waals surface area (Å²) in [5.41, 5.74) is 1.75. The minimum atomic E-state index is -2.33. The van der Waals surface area contributed by atoms with Crippen LogP contribution in [0.15, 0.2) is 120 Å². The second-order valence-electron chi connectivity index (χ2n) is 7.53. The zero-order valence-corrected chi connectivity index (χ0v) is 19.2. The van der Waals surface area contributed by atoms with Gasteiger partial charge in [-0.25, -0.2) is 0 Å². The van der Waals surface area contributed by atoms with Crippen LogP contribution in [0.25, 0.3) is 0 Å². The molecule has 1 N–H and O–H groups in total. The molecule has 0 radical (unpaired) electrons. The maximum atomic E-state index is 12.4. The third kappa shape index (κ3) is 4.98. The van der Waals surface area contributed by atoms with Crippen LogP contribution in [0.5, 0.6) is 0 Å². The van der Waals surface area contributed by atoms with Crippen LogP contribution in [0.1, 0.15) is 15.9 Å². The fraction of sp³-hybridized carbons (Fsp3) is 0.0690. The number of hydrogen-bond donors (Lipinski definition) is 1. The van der Waals surface area contributed by atoms with Crippen LogP contribution < -0.4 is 21.2 Å². The van der Waals surface area contributed by atoms with Crippen molar-refractivity contribution < 1.29 is 4.79 Å². The number of rotatable bonds is 7. The SMILES string of the molecule is C#CCNC(=O)c1ccc(P(=NCc2ccccc2)(c2ccccc2)c2ccccc2)cc1. The zero-order valence-electron chi connectivity index (χ0n) is 18.3. The molecule has 0 heterocycles. The highest BCUT2D eigenvalue weighted by Crippen LogP contribution is 2.46. The molecule has 0 saturated carbocycles. The predicted molar refractivity (Wildman–Crippen MR) is 139 cm³/mol. The molecule has 162 valence electrons. The van der Waals surface area contributed by atoms with Gasteiger partial charge in [0.15, 0.2) is 0 Å². The van der Waals surface area contributed by atoms with Crippen molar-refractivity contribution >= 4 is 28.9 Å². The largest absolute Gasteiger partial charge is 0.341 e. The molecule has 0 bridgehead atoms. The van der Waals surface area contributed by atoms with E-state index < -0.39 is 7.05 Å². The molecule has 0 atom stereocenters. The molecule has 0 aliphatic rings. The average molecular weight is 449 g/mol. The maximum Gasteiger partial charge on any atom is 0.252 e. The summed E-state index contributed by atoms with van der Waals surface area (Å²) < 4.78 is 5.44. The Hall–Kier alpha value is -3.86. The van der Waals surface area contributed by atoms with Gasteiger partial charge in [-0.3, -0.25) is 9.54 Å². The van der Waals surface area contributed by atoms with Crippen molar-refractivity contribution in [2.24, 2.45) is 4.74 Å². The third-order valence-electron chi connectivity index (χ3n) is 5.42. The summed E-state index contributed by atoms with van der Waals surface area (Å²) in [7, 11) is -2.33. The van der Waals surface area contributed by atoms with E-state index in [1.807, 2.05) is 54.6 Å². The van der Waals surface area contributed by atoms with Gasteiger partial charge < -0.3 is 5.32 Å². The molecule has 0 saturated heterocycles. The summed E-state index contributed by atoms with van der Waals surface area (Å²) in [6.45, 7) is 0.806. The first kappa shape index (κ1) is 22.3. The van der Waals surface area contributed by atoms with E-state index in [1.165, 1.54) is 16.2 Å². The summed E-state index contributed by atoms with van der Waals surface area (Å²) in [6, 6.07) is 39.0. The molecule has 0 aliphatic heterocycles. The molecular formula is C29H25N2OP. The Morgan fingerprint density at radius 1 is 0.727 bits per heavy atom. The lowest BCUT2D eigenvalue weighted by Gasteiger charge is -2.27. The number of nitrogens with one attached hydrogen (secondary N) is 1. The minimum Gasteiger partial charge on any atom is -0.341 e. The monoisotopic (exact) mass is 448 g/mol. The number of nitrogens with zero attached hydrogens (tertiary/aromatic N) is 1. The summed E-state index contributed by atoms with van der Waals surface area (Å²) in [6.07, 6.45) is 5.27. The van der Waals surface area contributed by atoms with Crippen molar-refractivity contribution in [3.8, 4) is 12.3 Å². The van der Waals surface area contributed by atoms with Gasteiger partial charge in [-0.15, -0.1) is 6.42 Å². The normalized spacial score (nSPS) is 10.8. The van der Waals surface area contributed by atoms with Gasteiger partial charge in [0.05, 0.1) is 20.1 Å². The van der Waals surface area contributed by atoms with Crippen molar-refractivity contribution in [1.82, 2.24) is 5.32 Å². The summed E-state index contributed by atoms with van der Waals surface area (Å²) >= 11 is 0. The topological polar surface area (TPSA) is 41.5 Å². The molecule has 0 aromatic heterocycles. The second kappa shape index (κ2) is 10.6. The lowest BCUT2D eigenvalue weighted by Crippen LogP contribution is -2.27. The smallest absolute Gasteiger partial charge is 0.252 e. The number of amides is 1. The quantitative estimate of drug-likeness (QED) is 0.322. The standard InChI is InChI=1S/C29H25N2OP/c1-2-22-30-29(32)25-18-20-28(21-19-25)33(26-14-8-4-9-15-26,27-16-10-5-11-17-27)31-23-24-12-6-3-7-13-24/h1,3-21H,22-23H2,(H,30,32). The number of carbonyl (C=O) groups is 1. The molecule has 4 aromatic carbocycles. The molecule has 1 amide bonds. The molecule has 4 aromatic rings. The molecule has 3 nitrogen and oxygen atoms in total. The highest BCUT2D eigenvalue weighted by atomic mass is 31.2. The fourth-order valence-corrected chi connectivity index (χ4v) is 7.36. The highest BCUT2D eigenvalue weighted by Gasteiger charge is 2.27. The van der Waals surface area contributed by atoms with Crippen molar-refractivity contribution in [2.75, 3.05) is 6.54 Å². The molecule has 4 rings (SSSR count). The van der Waals surface area contributed by atoms with Gasteiger partial charge in [0.1, 0.15) is 0 Å². The Kier molecular flexibility index (Phi) is 7.20. The van der Waals surface area contributed by atoms with E-state index in [0.29, 0.717) is 12.1 Å². The highest BCUT2D eigenvalue weighted by molar-refractivity contribution is 7.87. The fourth-order valence-electron chi connectivity index (χ4n) is 3.81. The van der Waals surface area contributed by atoms with E-state index in [9.17, 15) is 4.79 Å². The number of hydrogen-bond acceptors (Lipinski definition) is 2. The van der Waals surface area contributed by atoms with Crippen molar-refractivity contribution in [3.63, 3.8) is 0 Å². The number of terminal acetylenes is 1. The van der Waals surface area contributed by atoms with Gasteiger partial charge in [0, 0.05) is 21.5 Å². The van der Waals surface area contributed by atoms with E-state index in [2.05, 4.69) is 71.9 Å². The Balaban J connectivity index is 1.90. The number of benzene rings is 4. The number of carbonyl (C=O) groups excluding carboxylic acids is 1. The lowest BCUT2D eigenvalue weighted by molar-refractivity contribution is 0.0958. The van der Waals surface area contributed by atoms with E-state index in [1.54, 1.807) is 0 Å². The van der Waals surface area contributed by atoms with Crippen molar-refractivity contribution in [3.05, 3.63) is 126 Å². The lowest BCUT2D eigenvalue weighted by atomic mass is 10.2. The third-order valence-corrected chi connectivity index (χ3v) is 9.12. The molecule has 33 heavy (non-hydrogen) atoms. The predicted octanol–water partition coefficient (Wildman–Crippen LogP) is 4.73. The first-order valence-corrected chi connectivity index (χ1v) is 12.5. The first-order chi connectivity index (χ1) is 16.2. The van der Waals surface area contributed by atoms with Gasteiger partial charge in [-0.2, -0.15) is 0 Å². The Morgan fingerprint density at radius 3 is 1.73 bits per heavy atom. The zero-order chi connectivity index (χ0) is 22.9. The van der Waals surface area contributed by atoms with Crippen LogP contribution in [0.3, 0.4) is 0 Å². The molecule has 0 spiro atoms. The Bertz CT molecular complexity index is 1250. The Morgan fingerprint density at radius 2 is 1.21 bits per heavy atom. The van der Waals surface area contributed by atoms with Crippen LogP contribution in [0.4, 0.5) is 0 Å². The maximum absolute atomic E-state index is 12.4.